The maximum Gasteiger partial charge on any atom is 0.328 e. The van der Waals surface area contributed by atoms with Crippen molar-refractivity contribution in [1.82, 2.24) is 0 Å². The Hall–Kier alpha value is -1.68. The van der Waals surface area contributed by atoms with Gasteiger partial charge in [0, 0.05) is 6.08 Å². The first-order valence-corrected chi connectivity index (χ1v) is 4.79. The van der Waals surface area contributed by atoms with E-state index in [4.69, 9.17) is 26.2 Å². The molecular formula is C11H11ClO4. The van der Waals surface area contributed by atoms with Crippen LogP contribution in [0.5, 0.6) is 11.5 Å². The maximum absolute atomic E-state index is 10.4. The predicted molar refractivity (Wildman–Crippen MR) is 61.2 cm³/mol. The van der Waals surface area contributed by atoms with E-state index in [0.717, 1.165) is 6.08 Å². The molecule has 0 unspecified atom stereocenters. The minimum Gasteiger partial charge on any atom is -0.493 e. The quantitative estimate of drug-likeness (QED) is 0.824. The number of aliphatic carboxylic acids is 1. The van der Waals surface area contributed by atoms with Crippen LogP contribution in [0.15, 0.2) is 18.2 Å². The lowest BCUT2D eigenvalue weighted by atomic mass is 10.2. The van der Waals surface area contributed by atoms with Gasteiger partial charge in [0.05, 0.1) is 19.2 Å². The third kappa shape index (κ3) is 2.67. The molecule has 0 atom stereocenters. The fraction of sp³-hybridized carbons (Fsp3) is 0.182. The van der Waals surface area contributed by atoms with Gasteiger partial charge in [-0.1, -0.05) is 11.6 Å². The molecule has 16 heavy (non-hydrogen) atoms. The van der Waals surface area contributed by atoms with E-state index < -0.39 is 5.97 Å². The monoisotopic (exact) mass is 242 g/mol. The number of hydrogen-bond donors (Lipinski definition) is 1. The number of benzene rings is 1. The molecule has 0 aliphatic carbocycles. The van der Waals surface area contributed by atoms with Gasteiger partial charge >= 0.3 is 5.97 Å². The van der Waals surface area contributed by atoms with Crippen LogP contribution >= 0.6 is 11.6 Å². The van der Waals surface area contributed by atoms with Crippen LogP contribution in [0.25, 0.3) is 6.08 Å². The van der Waals surface area contributed by atoms with Crippen LogP contribution in [0.1, 0.15) is 5.56 Å². The van der Waals surface area contributed by atoms with Crippen LogP contribution in [0.4, 0.5) is 0 Å². The van der Waals surface area contributed by atoms with E-state index >= 15 is 0 Å². The molecule has 0 aliphatic rings. The lowest BCUT2D eigenvalue weighted by molar-refractivity contribution is -0.131. The van der Waals surface area contributed by atoms with Crippen molar-refractivity contribution in [3.05, 3.63) is 28.8 Å². The molecule has 0 saturated heterocycles. The second-order valence-electron chi connectivity index (χ2n) is 2.88. The Kier molecular flexibility index (Phi) is 4.19. The van der Waals surface area contributed by atoms with Gasteiger partial charge in [-0.2, -0.15) is 0 Å². The topological polar surface area (TPSA) is 55.8 Å². The standard InChI is InChI=1S/C11H11ClO4/c1-15-8-5-3-7(4-6-9(13)14)10(12)11(8)16-2/h3-6H,1-2H3,(H,13,14)/b6-4+. The molecule has 0 spiro atoms. The number of halogens is 1. The second kappa shape index (κ2) is 5.42. The van der Waals surface area contributed by atoms with Crippen molar-refractivity contribution in [2.24, 2.45) is 0 Å². The van der Waals surface area contributed by atoms with Crippen molar-refractivity contribution in [3.8, 4) is 11.5 Å². The summed E-state index contributed by atoms with van der Waals surface area (Å²) in [6.07, 6.45) is 2.40. The van der Waals surface area contributed by atoms with Crippen LogP contribution in [0, 0.1) is 0 Å². The molecule has 0 amide bonds. The molecule has 1 aromatic rings. The van der Waals surface area contributed by atoms with Crippen LogP contribution in [-0.4, -0.2) is 25.3 Å². The number of rotatable bonds is 4. The summed E-state index contributed by atoms with van der Waals surface area (Å²) in [5.74, 6) is -0.150. The number of methoxy groups -OCH3 is 2. The molecule has 0 fully saturated rings. The fourth-order valence-electron chi connectivity index (χ4n) is 1.19. The summed E-state index contributed by atoms with van der Waals surface area (Å²) in [6, 6.07) is 3.31. The minimum absolute atomic E-state index is 0.319. The number of carbonyl (C=O) groups is 1. The molecular weight excluding hydrogens is 232 g/mol. The number of carboxylic acid groups (broad SMARTS) is 1. The highest BCUT2D eigenvalue weighted by Crippen LogP contribution is 2.37. The molecule has 1 N–H and O–H groups in total. The lowest BCUT2D eigenvalue weighted by Crippen LogP contribution is -1.93. The molecule has 1 aromatic carbocycles. The summed E-state index contributed by atoms with van der Waals surface area (Å²) in [4.78, 5) is 10.4. The molecule has 5 heteroatoms. The molecule has 0 bridgehead atoms. The summed E-state index contributed by atoms with van der Waals surface area (Å²) in [5, 5.41) is 8.83. The highest BCUT2D eigenvalue weighted by molar-refractivity contribution is 6.33. The number of carboxylic acids is 1. The van der Waals surface area contributed by atoms with Crippen molar-refractivity contribution < 1.29 is 19.4 Å². The Morgan fingerprint density at radius 3 is 2.56 bits per heavy atom. The van der Waals surface area contributed by atoms with E-state index in [2.05, 4.69) is 0 Å². The molecule has 1 rings (SSSR count). The Morgan fingerprint density at radius 2 is 2.06 bits per heavy atom. The first kappa shape index (κ1) is 12.4. The molecule has 0 aliphatic heterocycles. The highest BCUT2D eigenvalue weighted by Gasteiger charge is 2.11. The van der Waals surface area contributed by atoms with Crippen molar-refractivity contribution in [1.29, 1.82) is 0 Å². The Labute approximate surface area is 98.1 Å². The summed E-state index contributed by atoms with van der Waals surface area (Å²) in [5.41, 5.74) is 0.557. The van der Waals surface area contributed by atoms with Crippen LogP contribution in [0.3, 0.4) is 0 Å². The Balaban J connectivity index is 3.18. The molecule has 4 nitrogen and oxygen atoms in total. The Morgan fingerprint density at radius 1 is 1.38 bits per heavy atom. The zero-order chi connectivity index (χ0) is 12.1. The SMILES string of the molecule is COc1ccc(/C=C/C(=O)O)c(Cl)c1OC. The summed E-state index contributed by atoms with van der Waals surface area (Å²) in [7, 11) is 2.97. The van der Waals surface area contributed by atoms with Crippen LogP contribution in [0.2, 0.25) is 5.02 Å². The third-order valence-electron chi connectivity index (χ3n) is 1.92. The minimum atomic E-state index is -1.04. The van der Waals surface area contributed by atoms with Gasteiger partial charge in [-0.3, -0.25) is 0 Å². The largest absolute Gasteiger partial charge is 0.493 e. The zero-order valence-electron chi connectivity index (χ0n) is 8.86. The second-order valence-corrected chi connectivity index (χ2v) is 3.25. The van der Waals surface area contributed by atoms with Gasteiger partial charge in [0.1, 0.15) is 0 Å². The summed E-state index contributed by atoms with van der Waals surface area (Å²) < 4.78 is 10.1. The van der Waals surface area contributed by atoms with Gasteiger partial charge in [0.25, 0.3) is 0 Å². The van der Waals surface area contributed by atoms with Gasteiger partial charge < -0.3 is 14.6 Å². The van der Waals surface area contributed by atoms with Crippen LogP contribution < -0.4 is 9.47 Å². The summed E-state index contributed by atoms with van der Waals surface area (Å²) >= 11 is 6.03. The first-order valence-electron chi connectivity index (χ1n) is 4.41. The van der Waals surface area contributed by atoms with E-state index in [0.29, 0.717) is 22.1 Å². The average Bonchev–Trinajstić information content (AvgIpc) is 2.26. The van der Waals surface area contributed by atoms with Gasteiger partial charge in [0.2, 0.25) is 0 Å². The van der Waals surface area contributed by atoms with Crippen molar-refractivity contribution in [3.63, 3.8) is 0 Å². The highest BCUT2D eigenvalue weighted by atomic mass is 35.5. The van der Waals surface area contributed by atoms with Crippen LogP contribution in [-0.2, 0) is 4.79 Å². The van der Waals surface area contributed by atoms with E-state index in [1.165, 1.54) is 20.3 Å². The fourth-order valence-corrected chi connectivity index (χ4v) is 1.49. The molecule has 0 radical (unpaired) electrons. The van der Waals surface area contributed by atoms with Gasteiger partial charge in [-0.25, -0.2) is 4.79 Å². The van der Waals surface area contributed by atoms with Crippen molar-refractivity contribution in [2.45, 2.75) is 0 Å². The predicted octanol–water partition coefficient (Wildman–Crippen LogP) is 2.46. The smallest absolute Gasteiger partial charge is 0.328 e. The van der Waals surface area contributed by atoms with E-state index in [-0.39, 0.29) is 0 Å². The molecule has 0 saturated carbocycles. The lowest BCUT2D eigenvalue weighted by Gasteiger charge is -2.10. The molecule has 0 aromatic heterocycles. The maximum atomic E-state index is 10.4. The number of hydrogen-bond acceptors (Lipinski definition) is 3. The molecule has 0 heterocycles. The third-order valence-corrected chi connectivity index (χ3v) is 2.31. The van der Waals surface area contributed by atoms with Gasteiger partial charge in [0.15, 0.2) is 11.5 Å². The van der Waals surface area contributed by atoms with Crippen molar-refractivity contribution >= 4 is 23.6 Å². The molecule has 86 valence electrons. The Bertz CT molecular complexity index is 426. The van der Waals surface area contributed by atoms with Gasteiger partial charge in [-0.15, -0.1) is 0 Å². The number of ether oxygens (including phenoxy) is 2. The zero-order valence-corrected chi connectivity index (χ0v) is 9.62. The first-order chi connectivity index (χ1) is 7.60. The van der Waals surface area contributed by atoms with E-state index in [9.17, 15) is 4.79 Å². The van der Waals surface area contributed by atoms with E-state index in [1.54, 1.807) is 12.1 Å². The van der Waals surface area contributed by atoms with Crippen molar-refractivity contribution in [2.75, 3.05) is 14.2 Å². The average molecular weight is 243 g/mol. The van der Waals surface area contributed by atoms with Gasteiger partial charge in [-0.05, 0) is 23.8 Å². The normalized spacial score (nSPS) is 10.4. The summed E-state index contributed by atoms with van der Waals surface area (Å²) in [6.45, 7) is 0. The van der Waals surface area contributed by atoms with E-state index in [1.807, 2.05) is 0 Å².